The molecule has 0 unspecified atom stereocenters. The van der Waals surface area contributed by atoms with Gasteiger partial charge in [0, 0.05) is 16.8 Å². The average molecular weight is 324 g/mol. The van der Waals surface area contributed by atoms with Crippen molar-refractivity contribution in [2.24, 2.45) is 5.84 Å². The van der Waals surface area contributed by atoms with E-state index in [1.807, 2.05) is 24.3 Å². The van der Waals surface area contributed by atoms with Gasteiger partial charge in [-0.25, -0.2) is 10.5 Å². The van der Waals surface area contributed by atoms with E-state index in [4.69, 9.17) is 10.6 Å². The zero-order chi connectivity index (χ0) is 16.7. The van der Waals surface area contributed by atoms with Crippen molar-refractivity contribution in [3.63, 3.8) is 0 Å². The third-order valence-corrected chi connectivity index (χ3v) is 4.25. The van der Waals surface area contributed by atoms with Crippen LogP contribution in [0.15, 0.2) is 30.5 Å². The number of benzene rings is 1. The largest absolute Gasteiger partial charge is 0.497 e. The van der Waals surface area contributed by atoms with Gasteiger partial charge in [-0.2, -0.15) is 10.2 Å². The first-order chi connectivity index (χ1) is 11.7. The number of aryl methyl sites for hydroxylation is 1. The Balaban J connectivity index is 1.94. The molecule has 1 aliphatic carbocycles. The van der Waals surface area contributed by atoms with Crippen molar-refractivity contribution in [1.29, 1.82) is 0 Å². The van der Waals surface area contributed by atoms with E-state index < -0.39 is 5.91 Å². The third kappa shape index (κ3) is 2.08. The van der Waals surface area contributed by atoms with Crippen molar-refractivity contribution in [2.75, 3.05) is 7.11 Å². The summed E-state index contributed by atoms with van der Waals surface area (Å²) in [6.45, 7) is 0. The molecule has 0 fully saturated rings. The molecule has 0 saturated carbocycles. The summed E-state index contributed by atoms with van der Waals surface area (Å²) in [6, 6.07) is 7.49. The second-order valence-corrected chi connectivity index (χ2v) is 5.52. The highest BCUT2D eigenvalue weighted by Gasteiger charge is 2.29. The highest BCUT2D eigenvalue weighted by molar-refractivity contribution is 5.95. The highest BCUT2D eigenvalue weighted by Crippen LogP contribution is 2.36. The molecule has 4 rings (SSSR count). The lowest BCUT2D eigenvalue weighted by Gasteiger charge is -2.14. The second kappa shape index (κ2) is 5.50. The van der Waals surface area contributed by atoms with Crippen molar-refractivity contribution in [2.45, 2.75) is 12.8 Å². The minimum atomic E-state index is -0.398. The molecule has 1 aromatic carbocycles. The number of carbonyl (C=O) groups is 1. The van der Waals surface area contributed by atoms with Gasteiger partial charge in [0.2, 0.25) is 0 Å². The van der Waals surface area contributed by atoms with E-state index in [-0.39, 0.29) is 0 Å². The lowest BCUT2D eigenvalue weighted by atomic mass is 9.93. The van der Waals surface area contributed by atoms with Gasteiger partial charge in [-0.1, -0.05) is 0 Å². The average Bonchev–Trinajstić information content (AvgIpc) is 3.25. The first-order valence-corrected chi connectivity index (χ1v) is 7.52. The maximum atomic E-state index is 12.1. The number of hydrazine groups is 1. The topological polar surface area (TPSA) is 111 Å². The van der Waals surface area contributed by atoms with Gasteiger partial charge in [-0.3, -0.25) is 15.3 Å². The van der Waals surface area contributed by atoms with Gasteiger partial charge in [0.05, 0.1) is 24.7 Å². The Morgan fingerprint density at radius 2 is 2.12 bits per heavy atom. The number of rotatable bonds is 3. The van der Waals surface area contributed by atoms with E-state index in [1.165, 1.54) is 0 Å². The molecule has 0 spiro atoms. The molecule has 3 aromatic rings. The summed E-state index contributed by atoms with van der Waals surface area (Å²) < 4.78 is 6.95. The molecule has 1 aliphatic rings. The number of H-pyrrole nitrogens is 1. The van der Waals surface area contributed by atoms with Crippen LogP contribution in [0.3, 0.4) is 0 Å². The molecular formula is C16H16N6O2. The van der Waals surface area contributed by atoms with E-state index in [0.717, 1.165) is 40.4 Å². The molecule has 24 heavy (non-hydrogen) atoms. The van der Waals surface area contributed by atoms with Gasteiger partial charge in [0.15, 0.2) is 5.69 Å². The zero-order valence-electron chi connectivity index (χ0n) is 13.0. The molecule has 8 nitrogen and oxygen atoms in total. The molecule has 0 aliphatic heterocycles. The van der Waals surface area contributed by atoms with Gasteiger partial charge in [-0.15, -0.1) is 0 Å². The van der Waals surface area contributed by atoms with Crippen molar-refractivity contribution >= 4 is 5.91 Å². The summed E-state index contributed by atoms with van der Waals surface area (Å²) in [4.78, 5) is 12.1. The molecule has 0 atom stereocenters. The second-order valence-electron chi connectivity index (χ2n) is 5.52. The fraction of sp³-hybridized carbons (Fsp3) is 0.188. The van der Waals surface area contributed by atoms with Crippen LogP contribution < -0.4 is 16.0 Å². The number of carbonyl (C=O) groups excluding carboxylic acids is 1. The normalized spacial score (nSPS) is 12.4. The first-order valence-electron chi connectivity index (χ1n) is 7.52. The molecule has 0 bridgehead atoms. The van der Waals surface area contributed by atoms with Crippen LogP contribution in [0.1, 0.15) is 21.7 Å². The molecule has 1 amide bonds. The monoisotopic (exact) mass is 324 g/mol. The van der Waals surface area contributed by atoms with Gasteiger partial charge in [0.25, 0.3) is 5.91 Å². The number of fused-ring (bicyclic) bond motifs is 3. The number of nitrogens with one attached hydrogen (secondary N) is 2. The molecule has 2 heterocycles. The summed E-state index contributed by atoms with van der Waals surface area (Å²) in [5.41, 5.74) is 7.09. The Kier molecular flexibility index (Phi) is 3.31. The third-order valence-electron chi connectivity index (χ3n) is 4.25. The number of aromatic amines is 1. The maximum Gasteiger partial charge on any atom is 0.285 e. The smallest absolute Gasteiger partial charge is 0.285 e. The molecule has 0 radical (unpaired) electrons. The Bertz CT molecular complexity index is 909. The van der Waals surface area contributed by atoms with Crippen molar-refractivity contribution in [1.82, 2.24) is 25.4 Å². The number of aromatic nitrogens is 4. The molecule has 122 valence electrons. The standard InChI is InChI=1S/C16H16N6O2/c1-24-10-4-2-9(3-5-10)22-15-11(14(21-22)16(23)19-17)6-7-13-12(15)8-18-20-13/h2-5,8H,6-7,17H2,1H3,(H,18,20)(H,19,23). The number of ether oxygens (including phenoxy) is 1. The number of nitrogen functional groups attached to an aromatic ring is 1. The minimum absolute atomic E-state index is 0.343. The number of amides is 1. The van der Waals surface area contributed by atoms with E-state index in [0.29, 0.717) is 12.1 Å². The van der Waals surface area contributed by atoms with Gasteiger partial charge >= 0.3 is 0 Å². The lowest BCUT2D eigenvalue weighted by Crippen LogP contribution is -2.31. The number of hydrogen-bond donors (Lipinski definition) is 3. The van der Waals surface area contributed by atoms with Crippen LogP contribution in [0.5, 0.6) is 5.75 Å². The van der Waals surface area contributed by atoms with Crippen molar-refractivity contribution in [3.8, 4) is 22.7 Å². The van der Waals surface area contributed by atoms with Crippen molar-refractivity contribution in [3.05, 3.63) is 47.4 Å². The summed E-state index contributed by atoms with van der Waals surface area (Å²) in [6.07, 6.45) is 3.24. The molecule has 0 saturated heterocycles. The van der Waals surface area contributed by atoms with E-state index in [2.05, 4.69) is 20.7 Å². The highest BCUT2D eigenvalue weighted by atomic mass is 16.5. The van der Waals surface area contributed by atoms with Crippen LogP contribution in [-0.2, 0) is 12.8 Å². The Morgan fingerprint density at radius 3 is 2.83 bits per heavy atom. The van der Waals surface area contributed by atoms with Crippen LogP contribution in [-0.4, -0.2) is 33.0 Å². The summed E-state index contributed by atoms with van der Waals surface area (Å²) in [7, 11) is 1.62. The summed E-state index contributed by atoms with van der Waals surface area (Å²) in [5.74, 6) is 5.67. The van der Waals surface area contributed by atoms with Crippen LogP contribution in [0.4, 0.5) is 0 Å². The maximum absolute atomic E-state index is 12.1. The minimum Gasteiger partial charge on any atom is -0.497 e. The molecular weight excluding hydrogens is 308 g/mol. The fourth-order valence-corrected chi connectivity index (χ4v) is 3.08. The van der Waals surface area contributed by atoms with Gasteiger partial charge < -0.3 is 4.74 Å². The van der Waals surface area contributed by atoms with Crippen LogP contribution >= 0.6 is 0 Å². The zero-order valence-corrected chi connectivity index (χ0v) is 13.0. The van der Waals surface area contributed by atoms with Gasteiger partial charge in [0.1, 0.15) is 5.75 Å². The Labute approximate surface area is 137 Å². The fourth-order valence-electron chi connectivity index (χ4n) is 3.08. The Morgan fingerprint density at radius 1 is 1.33 bits per heavy atom. The van der Waals surface area contributed by atoms with E-state index >= 15 is 0 Å². The molecule has 4 N–H and O–H groups in total. The van der Waals surface area contributed by atoms with Gasteiger partial charge in [-0.05, 0) is 37.1 Å². The number of nitrogens with two attached hydrogens (primary N) is 1. The lowest BCUT2D eigenvalue weighted by molar-refractivity contribution is 0.0947. The molecule has 2 aromatic heterocycles. The van der Waals surface area contributed by atoms with E-state index in [9.17, 15) is 4.79 Å². The van der Waals surface area contributed by atoms with Crippen LogP contribution in [0.25, 0.3) is 16.9 Å². The van der Waals surface area contributed by atoms with Crippen LogP contribution in [0, 0.1) is 0 Å². The number of hydrogen-bond acceptors (Lipinski definition) is 5. The quantitative estimate of drug-likeness (QED) is 0.378. The van der Waals surface area contributed by atoms with E-state index in [1.54, 1.807) is 18.0 Å². The van der Waals surface area contributed by atoms with Crippen molar-refractivity contribution < 1.29 is 9.53 Å². The predicted octanol–water partition coefficient (Wildman–Crippen LogP) is 0.973. The first kappa shape index (κ1) is 14.5. The SMILES string of the molecule is COc1ccc(-n2nc(C(=O)NN)c3c2-c2cn[nH]c2CC3)cc1. The number of methoxy groups -OCH3 is 1. The summed E-state index contributed by atoms with van der Waals surface area (Å²) in [5, 5.41) is 11.6. The summed E-state index contributed by atoms with van der Waals surface area (Å²) >= 11 is 0. The molecule has 8 heteroatoms. The Hall–Kier alpha value is -3.13. The van der Waals surface area contributed by atoms with Crippen LogP contribution in [0.2, 0.25) is 0 Å². The predicted molar refractivity (Wildman–Crippen MR) is 86.8 cm³/mol. The number of nitrogens with zero attached hydrogens (tertiary/aromatic N) is 3.